The number of likely N-dealkylation sites (tertiary alicyclic amines) is 1. The standard InChI is InChI=1S/C15H18ClN3O/c1-2-4-13-7-12(8-14(16)18-13)15(20)19-6-3-5-11(9-17)10-19/h7-8,11H,2-6,10H2,1H3. The number of halogens is 1. The first-order valence-electron chi connectivity index (χ1n) is 6.99. The Bertz CT molecular complexity index is 538. The molecule has 1 fully saturated rings. The van der Waals surface area contributed by atoms with Crippen LogP contribution in [0.15, 0.2) is 12.1 Å². The van der Waals surface area contributed by atoms with Gasteiger partial charge >= 0.3 is 0 Å². The second-order valence-corrected chi connectivity index (χ2v) is 5.53. The number of hydrogen-bond acceptors (Lipinski definition) is 3. The minimum Gasteiger partial charge on any atom is -0.337 e. The number of hydrogen-bond donors (Lipinski definition) is 0. The number of rotatable bonds is 3. The van der Waals surface area contributed by atoms with Crippen molar-refractivity contribution in [3.05, 3.63) is 28.5 Å². The Balaban J connectivity index is 2.18. The molecule has 4 nitrogen and oxygen atoms in total. The third kappa shape index (κ3) is 3.49. The summed E-state index contributed by atoms with van der Waals surface area (Å²) in [7, 11) is 0. The molecule has 1 aliphatic rings. The van der Waals surface area contributed by atoms with Gasteiger partial charge in [0.25, 0.3) is 5.91 Å². The van der Waals surface area contributed by atoms with E-state index in [9.17, 15) is 4.79 Å². The summed E-state index contributed by atoms with van der Waals surface area (Å²) in [6.07, 6.45) is 3.52. The van der Waals surface area contributed by atoms with Crippen LogP contribution >= 0.6 is 11.6 Å². The molecular weight excluding hydrogens is 274 g/mol. The summed E-state index contributed by atoms with van der Waals surface area (Å²) in [5, 5.41) is 9.36. The van der Waals surface area contributed by atoms with Gasteiger partial charge < -0.3 is 4.90 Å². The van der Waals surface area contributed by atoms with Crippen LogP contribution in [-0.4, -0.2) is 28.9 Å². The summed E-state index contributed by atoms with van der Waals surface area (Å²) in [4.78, 5) is 18.5. The molecule has 106 valence electrons. The molecule has 1 aliphatic heterocycles. The molecule has 0 radical (unpaired) electrons. The fourth-order valence-corrected chi connectivity index (χ4v) is 2.73. The highest BCUT2D eigenvalue weighted by Gasteiger charge is 2.24. The first-order chi connectivity index (χ1) is 9.63. The van der Waals surface area contributed by atoms with Gasteiger partial charge in [0.15, 0.2) is 0 Å². The molecule has 1 saturated heterocycles. The predicted molar refractivity (Wildman–Crippen MR) is 77.5 cm³/mol. The van der Waals surface area contributed by atoms with E-state index in [-0.39, 0.29) is 11.8 Å². The quantitative estimate of drug-likeness (QED) is 0.804. The fraction of sp³-hybridized carbons (Fsp3) is 0.533. The molecule has 1 atom stereocenters. The molecule has 20 heavy (non-hydrogen) atoms. The molecule has 0 bridgehead atoms. The lowest BCUT2D eigenvalue weighted by Gasteiger charge is -2.29. The Hall–Kier alpha value is -1.60. The first-order valence-corrected chi connectivity index (χ1v) is 7.37. The lowest BCUT2D eigenvalue weighted by Crippen LogP contribution is -2.39. The predicted octanol–water partition coefficient (Wildman–Crippen LogP) is 3.06. The minimum atomic E-state index is -0.0554. The highest BCUT2D eigenvalue weighted by Crippen LogP contribution is 2.20. The normalized spacial score (nSPS) is 18.6. The summed E-state index contributed by atoms with van der Waals surface area (Å²) in [5.41, 5.74) is 1.42. The van der Waals surface area contributed by atoms with Crippen LogP contribution < -0.4 is 0 Å². The van der Waals surface area contributed by atoms with Crippen molar-refractivity contribution >= 4 is 17.5 Å². The van der Waals surface area contributed by atoms with Crippen molar-refractivity contribution in [1.82, 2.24) is 9.88 Å². The number of aromatic nitrogens is 1. The van der Waals surface area contributed by atoms with E-state index < -0.39 is 0 Å². The molecule has 0 aromatic carbocycles. The topological polar surface area (TPSA) is 57.0 Å². The maximum absolute atomic E-state index is 12.5. The maximum Gasteiger partial charge on any atom is 0.254 e. The second kappa shape index (κ2) is 6.71. The molecule has 0 N–H and O–H groups in total. The molecule has 1 amide bonds. The van der Waals surface area contributed by atoms with E-state index in [0.29, 0.717) is 23.8 Å². The van der Waals surface area contributed by atoms with Gasteiger partial charge in [0.1, 0.15) is 5.15 Å². The van der Waals surface area contributed by atoms with Crippen LogP contribution in [0.4, 0.5) is 0 Å². The molecule has 0 aliphatic carbocycles. The van der Waals surface area contributed by atoms with Gasteiger partial charge in [-0.05, 0) is 31.4 Å². The van der Waals surface area contributed by atoms with Gasteiger partial charge in [-0.25, -0.2) is 4.98 Å². The van der Waals surface area contributed by atoms with E-state index in [1.165, 1.54) is 0 Å². The highest BCUT2D eigenvalue weighted by molar-refractivity contribution is 6.29. The zero-order valence-electron chi connectivity index (χ0n) is 11.6. The van der Waals surface area contributed by atoms with Gasteiger partial charge in [-0.3, -0.25) is 4.79 Å². The molecule has 0 saturated carbocycles. The number of carbonyl (C=O) groups excluding carboxylic acids is 1. The van der Waals surface area contributed by atoms with Crippen LogP contribution in [0.3, 0.4) is 0 Å². The zero-order chi connectivity index (χ0) is 14.5. The molecule has 2 heterocycles. The molecule has 0 spiro atoms. The third-order valence-electron chi connectivity index (χ3n) is 3.49. The van der Waals surface area contributed by atoms with Crippen molar-refractivity contribution in [2.75, 3.05) is 13.1 Å². The van der Waals surface area contributed by atoms with Crippen molar-refractivity contribution in [2.45, 2.75) is 32.6 Å². The van der Waals surface area contributed by atoms with E-state index in [2.05, 4.69) is 18.0 Å². The van der Waals surface area contributed by atoms with E-state index in [1.54, 1.807) is 11.0 Å². The SMILES string of the molecule is CCCc1cc(C(=O)N2CCCC(C#N)C2)cc(Cl)n1. The van der Waals surface area contributed by atoms with Gasteiger partial charge in [-0.1, -0.05) is 24.9 Å². The van der Waals surface area contributed by atoms with Crippen LogP contribution in [0.5, 0.6) is 0 Å². The molecule has 5 heteroatoms. The van der Waals surface area contributed by atoms with Crippen LogP contribution in [0.25, 0.3) is 0 Å². The van der Waals surface area contributed by atoms with Crippen molar-refractivity contribution in [1.29, 1.82) is 5.26 Å². The third-order valence-corrected chi connectivity index (χ3v) is 3.69. The molecular formula is C15H18ClN3O. The van der Waals surface area contributed by atoms with Gasteiger partial charge in [0.2, 0.25) is 0 Å². The number of aryl methyl sites for hydroxylation is 1. The summed E-state index contributed by atoms with van der Waals surface area (Å²) in [6, 6.07) is 5.67. The lowest BCUT2D eigenvalue weighted by atomic mass is 9.99. The Morgan fingerprint density at radius 3 is 3.10 bits per heavy atom. The van der Waals surface area contributed by atoms with Crippen molar-refractivity contribution in [2.24, 2.45) is 5.92 Å². The van der Waals surface area contributed by atoms with Crippen LogP contribution in [0.1, 0.15) is 42.2 Å². The zero-order valence-corrected chi connectivity index (χ0v) is 12.4. The fourth-order valence-electron chi connectivity index (χ4n) is 2.51. The van der Waals surface area contributed by atoms with Crippen LogP contribution in [0, 0.1) is 17.2 Å². The summed E-state index contributed by atoms with van der Waals surface area (Å²) >= 11 is 5.99. The lowest BCUT2D eigenvalue weighted by molar-refractivity contribution is 0.0698. The van der Waals surface area contributed by atoms with Crippen LogP contribution in [0.2, 0.25) is 5.15 Å². The summed E-state index contributed by atoms with van der Waals surface area (Å²) in [6.45, 7) is 3.28. The number of nitriles is 1. The first kappa shape index (κ1) is 14.8. The number of carbonyl (C=O) groups is 1. The van der Waals surface area contributed by atoms with Gasteiger partial charge in [0, 0.05) is 24.3 Å². The highest BCUT2D eigenvalue weighted by atomic mass is 35.5. The molecule has 2 rings (SSSR count). The Kier molecular flexibility index (Phi) is 4.97. The molecule has 1 aromatic rings. The van der Waals surface area contributed by atoms with Gasteiger partial charge in [-0.2, -0.15) is 5.26 Å². The Morgan fingerprint density at radius 2 is 2.40 bits per heavy atom. The number of piperidine rings is 1. The number of amides is 1. The second-order valence-electron chi connectivity index (χ2n) is 5.14. The molecule has 1 aromatic heterocycles. The molecule has 1 unspecified atom stereocenters. The average molecular weight is 292 g/mol. The number of pyridine rings is 1. The van der Waals surface area contributed by atoms with Gasteiger partial charge in [-0.15, -0.1) is 0 Å². The average Bonchev–Trinajstić information content (AvgIpc) is 2.46. The largest absolute Gasteiger partial charge is 0.337 e. The van der Waals surface area contributed by atoms with Gasteiger partial charge in [0.05, 0.1) is 12.0 Å². The summed E-state index contributed by atoms with van der Waals surface area (Å²) < 4.78 is 0. The van der Waals surface area contributed by atoms with Crippen molar-refractivity contribution < 1.29 is 4.79 Å². The number of nitrogens with zero attached hydrogens (tertiary/aromatic N) is 3. The van der Waals surface area contributed by atoms with E-state index in [1.807, 2.05) is 6.07 Å². The van der Waals surface area contributed by atoms with E-state index >= 15 is 0 Å². The van der Waals surface area contributed by atoms with E-state index in [4.69, 9.17) is 16.9 Å². The monoisotopic (exact) mass is 291 g/mol. The minimum absolute atomic E-state index is 0.0494. The Morgan fingerprint density at radius 1 is 1.60 bits per heavy atom. The van der Waals surface area contributed by atoms with Crippen molar-refractivity contribution in [3.8, 4) is 6.07 Å². The summed E-state index contributed by atoms with van der Waals surface area (Å²) in [5.74, 6) is -0.105. The maximum atomic E-state index is 12.5. The van der Waals surface area contributed by atoms with E-state index in [0.717, 1.165) is 31.4 Å². The Labute approximate surface area is 124 Å². The smallest absolute Gasteiger partial charge is 0.254 e. The van der Waals surface area contributed by atoms with Crippen LogP contribution in [-0.2, 0) is 6.42 Å². The van der Waals surface area contributed by atoms with Crippen molar-refractivity contribution in [3.63, 3.8) is 0 Å².